The summed E-state index contributed by atoms with van der Waals surface area (Å²) in [6, 6.07) is 0. The molecule has 1 aliphatic heterocycles. The number of carbonyl (C=O) groups excluding carboxylic acids is 1. The number of carbonyl (C=O) groups is 1. The summed E-state index contributed by atoms with van der Waals surface area (Å²) in [5, 5.41) is 11.0. The summed E-state index contributed by atoms with van der Waals surface area (Å²) >= 11 is 0. The first-order valence-electron chi connectivity index (χ1n) is 6.32. The minimum absolute atomic E-state index is 0.151. The number of aromatic nitrogens is 1. The van der Waals surface area contributed by atoms with Crippen molar-refractivity contribution in [1.82, 2.24) is 9.88 Å². The van der Waals surface area contributed by atoms with Crippen LogP contribution in [0.2, 0.25) is 0 Å². The summed E-state index contributed by atoms with van der Waals surface area (Å²) in [5.74, 6) is 0.288. The van der Waals surface area contributed by atoms with Crippen molar-refractivity contribution in [3.8, 4) is 0 Å². The molecule has 1 aromatic heterocycles. The van der Waals surface area contributed by atoms with Crippen molar-refractivity contribution in [2.45, 2.75) is 33.2 Å². The maximum absolute atomic E-state index is 11.2. The smallest absolute Gasteiger partial charge is 0.278 e. The lowest BCUT2D eigenvalue weighted by Gasteiger charge is -2.25. The molecule has 102 valence electrons. The van der Waals surface area contributed by atoms with Crippen LogP contribution in [0.5, 0.6) is 0 Å². The maximum Gasteiger partial charge on any atom is 0.278 e. The minimum atomic E-state index is -0.352. The van der Waals surface area contributed by atoms with Crippen LogP contribution in [0.1, 0.15) is 29.7 Å². The van der Waals surface area contributed by atoms with Gasteiger partial charge in [-0.1, -0.05) is 0 Å². The van der Waals surface area contributed by atoms with Crippen LogP contribution >= 0.6 is 0 Å². The van der Waals surface area contributed by atoms with Crippen LogP contribution in [-0.2, 0) is 11.3 Å². The molecule has 2 heterocycles. The molecule has 0 amide bonds. The molecule has 0 spiro atoms. The number of pyridine rings is 1. The molecule has 0 aromatic carbocycles. The number of hydrogen-bond donors (Lipinski definition) is 0. The van der Waals surface area contributed by atoms with Crippen LogP contribution in [0.3, 0.4) is 0 Å². The first-order chi connectivity index (χ1) is 8.99. The van der Waals surface area contributed by atoms with E-state index in [1.54, 1.807) is 20.0 Å². The molecule has 6 nitrogen and oxygen atoms in total. The molecular weight excluding hydrogens is 246 g/mol. The fourth-order valence-electron chi connectivity index (χ4n) is 2.38. The number of nitro groups is 1. The van der Waals surface area contributed by atoms with E-state index in [0.29, 0.717) is 43.6 Å². The lowest BCUT2D eigenvalue weighted by Crippen LogP contribution is -2.33. The quantitative estimate of drug-likeness (QED) is 0.613. The van der Waals surface area contributed by atoms with Gasteiger partial charge in [-0.2, -0.15) is 0 Å². The van der Waals surface area contributed by atoms with Crippen LogP contribution in [0.15, 0.2) is 6.20 Å². The zero-order chi connectivity index (χ0) is 14.0. The molecule has 1 aromatic rings. The molecule has 0 radical (unpaired) electrons. The topological polar surface area (TPSA) is 76.3 Å². The van der Waals surface area contributed by atoms with E-state index in [1.807, 2.05) is 0 Å². The molecule has 1 fully saturated rings. The Balaban J connectivity index is 2.19. The van der Waals surface area contributed by atoms with Gasteiger partial charge in [-0.25, -0.2) is 0 Å². The second-order valence-electron chi connectivity index (χ2n) is 4.93. The van der Waals surface area contributed by atoms with Crippen molar-refractivity contribution in [2.24, 2.45) is 0 Å². The molecule has 1 saturated heterocycles. The predicted molar refractivity (Wildman–Crippen MR) is 69.9 cm³/mol. The van der Waals surface area contributed by atoms with E-state index >= 15 is 0 Å². The van der Waals surface area contributed by atoms with Gasteiger partial charge in [0.15, 0.2) is 0 Å². The number of aryl methyl sites for hydroxylation is 1. The molecule has 0 atom stereocenters. The van der Waals surface area contributed by atoms with Crippen LogP contribution in [-0.4, -0.2) is 33.7 Å². The highest BCUT2D eigenvalue weighted by molar-refractivity contribution is 5.79. The molecule has 19 heavy (non-hydrogen) atoms. The number of ketones is 1. The Morgan fingerprint density at radius 1 is 1.37 bits per heavy atom. The second kappa shape index (κ2) is 5.44. The average molecular weight is 263 g/mol. The molecule has 0 N–H and O–H groups in total. The van der Waals surface area contributed by atoms with Crippen molar-refractivity contribution in [3.05, 3.63) is 33.1 Å². The van der Waals surface area contributed by atoms with E-state index in [1.165, 1.54) is 0 Å². The van der Waals surface area contributed by atoms with Crippen LogP contribution in [0, 0.1) is 24.0 Å². The molecular formula is C13H17N3O3. The van der Waals surface area contributed by atoms with Crippen LogP contribution in [0.25, 0.3) is 0 Å². The number of rotatable bonds is 3. The third-order valence-corrected chi connectivity index (χ3v) is 3.55. The van der Waals surface area contributed by atoms with E-state index < -0.39 is 0 Å². The summed E-state index contributed by atoms with van der Waals surface area (Å²) in [6.45, 7) is 5.42. The number of piperidine rings is 1. The Morgan fingerprint density at radius 2 is 2.00 bits per heavy atom. The summed E-state index contributed by atoms with van der Waals surface area (Å²) in [6.07, 6.45) is 2.68. The summed E-state index contributed by atoms with van der Waals surface area (Å²) in [5.41, 5.74) is 2.09. The Bertz CT molecular complexity index is 518. The minimum Gasteiger partial charge on any atom is -0.300 e. The van der Waals surface area contributed by atoms with Gasteiger partial charge < -0.3 is 0 Å². The summed E-state index contributed by atoms with van der Waals surface area (Å²) in [7, 11) is 0. The van der Waals surface area contributed by atoms with Gasteiger partial charge in [0.1, 0.15) is 5.78 Å². The SMILES string of the molecule is Cc1cnc(CN2CCC(=O)CC2)c(C)c1[N+](=O)[O-]. The standard InChI is InChI=1S/C13H17N3O3/c1-9-7-14-12(10(2)13(9)16(18)19)8-15-5-3-11(17)4-6-15/h7H,3-6,8H2,1-2H3. The Labute approximate surface area is 111 Å². The van der Waals surface area contributed by atoms with Gasteiger partial charge in [0.2, 0.25) is 0 Å². The van der Waals surface area contributed by atoms with E-state index in [9.17, 15) is 14.9 Å². The van der Waals surface area contributed by atoms with E-state index in [2.05, 4.69) is 9.88 Å². The molecule has 6 heteroatoms. The van der Waals surface area contributed by atoms with E-state index in [0.717, 1.165) is 5.69 Å². The lowest BCUT2D eigenvalue weighted by molar-refractivity contribution is -0.386. The first-order valence-corrected chi connectivity index (χ1v) is 6.32. The fourth-order valence-corrected chi connectivity index (χ4v) is 2.38. The Kier molecular flexibility index (Phi) is 3.90. The Morgan fingerprint density at radius 3 is 2.58 bits per heavy atom. The fraction of sp³-hybridized carbons (Fsp3) is 0.538. The number of likely N-dealkylation sites (tertiary alicyclic amines) is 1. The van der Waals surface area contributed by atoms with Crippen molar-refractivity contribution >= 4 is 11.5 Å². The highest BCUT2D eigenvalue weighted by Gasteiger charge is 2.22. The predicted octanol–water partition coefficient (Wildman–Crippen LogP) is 1.77. The van der Waals surface area contributed by atoms with Crippen LogP contribution < -0.4 is 0 Å². The third kappa shape index (κ3) is 2.96. The normalized spacial score (nSPS) is 16.6. The highest BCUT2D eigenvalue weighted by atomic mass is 16.6. The monoisotopic (exact) mass is 263 g/mol. The largest absolute Gasteiger partial charge is 0.300 e. The van der Waals surface area contributed by atoms with Gasteiger partial charge in [-0.05, 0) is 13.8 Å². The lowest BCUT2D eigenvalue weighted by atomic mass is 10.1. The van der Waals surface area contributed by atoms with E-state index in [4.69, 9.17) is 0 Å². The average Bonchev–Trinajstić information content (AvgIpc) is 2.35. The first kappa shape index (κ1) is 13.6. The summed E-state index contributed by atoms with van der Waals surface area (Å²) < 4.78 is 0. The van der Waals surface area contributed by atoms with Crippen LogP contribution in [0.4, 0.5) is 5.69 Å². The molecule has 1 aliphatic rings. The second-order valence-corrected chi connectivity index (χ2v) is 4.93. The molecule has 0 unspecified atom stereocenters. The number of Topliss-reactive ketones (excluding diaryl/α,β-unsaturated/α-hetero) is 1. The molecule has 0 saturated carbocycles. The summed E-state index contributed by atoms with van der Waals surface area (Å²) in [4.78, 5) is 28.3. The number of nitrogens with zero attached hydrogens (tertiary/aromatic N) is 3. The molecule has 0 bridgehead atoms. The van der Waals surface area contributed by atoms with Gasteiger partial charge in [-0.3, -0.25) is 24.8 Å². The molecule has 0 aliphatic carbocycles. The Hall–Kier alpha value is -1.82. The van der Waals surface area contributed by atoms with Gasteiger partial charge in [-0.15, -0.1) is 0 Å². The van der Waals surface area contributed by atoms with Crippen molar-refractivity contribution < 1.29 is 9.72 Å². The number of hydrogen-bond acceptors (Lipinski definition) is 5. The maximum atomic E-state index is 11.2. The van der Waals surface area contributed by atoms with Gasteiger partial charge in [0, 0.05) is 49.8 Å². The van der Waals surface area contributed by atoms with Crippen molar-refractivity contribution in [2.75, 3.05) is 13.1 Å². The zero-order valence-corrected chi connectivity index (χ0v) is 11.2. The third-order valence-electron chi connectivity index (χ3n) is 3.55. The van der Waals surface area contributed by atoms with E-state index in [-0.39, 0.29) is 16.4 Å². The van der Waals surface area contributed by atoms with Gasteiger partial charge in [0.05, 0.1) is 10.6 Å². The van der Waals surface area contributed by atoms with Gasteiger partial charge in [0.25, 0.3) is 5.69 Å². The highest BCUT2D eigenvalue weighted by Crippen LogP contribution is 2.25. The van der Waals surface area contributed by atoms with Gasteiger partial charge >= 0.3 is 0 Å². The zero-order valence-electron chi connectivity index (χ0n) is 11.2. The molecule has 2 rings (SSSR count). The van der Waals surface area contributed by atoms with Crippen molar-refractivity contribution in [1.29, 1.82) is 0 Å². The van der Waals surface area contributed by atoms with Crippen molar-refractivity contribution in [3.63, 3.8) is 0 Å².